The summed E-state index contributed by atoms with van der Waals surface area (Å²) in [5, 5.41) is 0.411. The lowest BCUT2D eigenvalue weighted by Gasteiger charge is -2.36. The first-order valence-electron chi connectivity index (χ1n) is 10.00. The average molecular weight is 474 g/mol. The molecule has 3 aromatic carbocycles. The molecular weight excluding hydrogens is 453 g/mol. The first kappa shape index (κ1) is 22.1. The molecule has 32 heavy (non-hydrogen) atoms. The Bertz CT molecular complexity index is 1230. The van der Waals surface area contributed by atoms with E-state index in [9.17, 15) is 17.6 Å². The molecule has 0 aromatic heterocycles. The maximum Gasteiger partial charge on any atom is 0.261 e. The van der Waals surface area contributed by atoms with E-state index in [1.54, 1.807) is 47.4 Å². The molecule has 0 spiro atoms. The molecule has 1 amide bonds. The summed E-state index contributed by atoms with van der Waals surface area (Å²) in [6.07, 6.45) is 0. The van der Waals surface area contributed by atoms with Crippen LogP contribution in [-0.2, 0) is 10.0 Å². The van der Waals surface area contributed by atoms with E-state index < -0.39 is 10.0 Å². The predicted octanol–water partition coefficient (Wildman–Crippen LogP) is 4.24. The van der Waals surface area contributed by atoms with Crippen molar-refractivity contribution in [2.45, 2.75) is 4.90 Å². The highest BCUT2D eigenvalue weighted by Crippen LogP contribution is 2.22. The third-order valence-corrected chi connectivity index (χ3v) is 6.84. The van der Waals surface area contributed by atoms with Crippen molar-refractivity contribution >= 4 is 38.9 Å². The number of carbonyl (C=O) groups is 1. The predicted molar refractivity (Wildman–Crippen MR) is 123 cm³/mol. The van der Waals surface area contributed by atoms with E-state index in [4.69, 9.17) is 11.6 Å². The minimum atomic E-state index is -3.88. The van der Waals surface area contributed by atoms with Crippen LogP contribution < -0.4 is 9.62 Å². The van der Waals surface area contributed by atoms with Crippen molar-refractivity contribution in [1.29, 1.82) is 0 Å². The number of benzene rings is 3. The molecule has 0 saturated carbocycles. The Labute approximate surface area is 191 Å². The molecule has 0 atom stereocenters. The maximum atomic E-state index is 13.1. The molecule has 6 nitrogen and oxygen atoms in total. The van der Waals surface area contributed by atoms with E-state index >= 15 is 0 Å². The average Bonchev–Trinajstić information content (AvgIpc) is 2.79. The van der Waals surface area contributed by atoms with Gasteiger partial charge in [-0.2, -0.15) is 0 Å². The Morgan fingerprint density at radius 1 is 0.906 bits per heavy atom. The quantitative estimate of drug-likeness (QED) is 0.601. The van der Waals surface area contributed by atoms with Gasteiger partial charge in [0.2, 0.25) is 0 Å². The van der Waals surface area contributed by atoms with E-state index in [1.165, 1.54) is 30.3 Å². The molecule has 9 heteroatoms. The first-order valence-corrected chi connectivity index (χ1v) is 11.9. The zero-order chi connectivity index (χ0) is 22.7. The number of nitrogens with one attached hydrogen (secondary N) is 1. The lowest BCUT2D eigenvalue weighted by Crippen LogP contribution is -2.48. The molecule has 4 rings (SSSR count). The molecule has 3 aromatic rings. The van der Waals surface area contributed by atoms with Gasteiger partial charge in [-0.25, -0.2) is 12.8 Å². The Morgan fingerprint density at radius 2 is 1.59 bits per heavy atom. The van der Waals surface area contributed by atoms with Gasteiger partial charge >= 0.3 is 0 Å². The molecule has 1 saturated heterocycles. The first-order chi connectivity index (χ1) is 15.3. The minimum Gasteiger partial charge on any atom is -0.368 e. The minimum absolute atomic E-state index is 0.00623. The number of amides is 1. The molecule has 1 heterocycles. The fraction of sp³-hybridized carbons (Fsp3) is 0.174. The van der Waals surface area contributed by atoms with Crippen LogP contribution in [0.15, 0.2) is 77.7 Å². The van der Waals surface area contributed by atoms with Crippen molar-refractivity contribution in [1.82, 2.24) is 4.90 Å². The van der Waals surface area contributed by atoms with Crippen LogP contribution >= 0.6 is 11.6 Å². The van der Waals surface area contributed by atoms with Crippen LogP contribution in [0.3, 0.4) is 0 Å². The van der Waals surface area contributed by atoms with Gasteiger partial charge in [0.1, 0.15) is 5.82 Å². The number of halogens is 2. The Hall–Kier alpha value is -3.10. The molecule has 166 valence electrons. The highest BCUT2D eigenvalue weighted by molar-refractivity contribution is 7.92. The standard InChI is InChI=1S/C23H21ClFN3O3S/c24-18-4-2-5-20(16-18)26-32(30,31)22-6-1-3-17(15-22)23(29)28-13-11-27(12-14-28)21-9-7-19(25)8-10-21/h1-10,15-16,26H,11-14H2. The van der Waals surface area contributed by atoms with Crippen LogP contribution in [0.1, 0.15) is 10.4 Å². The lowest BCUT2D eigenvalue weighted by molar-refractivity contribution is 0.0746. The number of hydrogen-bond donors (Lipinski definition) is 1. The monoisotopic (exact) mass is 473 g/mol. The summed E-state index contributed by atoms with van der Waals surface area (Å²) >= 11 is 5.92. The summed E-state index contributed by atoms with van der Waals surface area (Å²) in [7, 11) is -3.88. The zero-order valence-electron chi connectivity index (χ0n) is 17.0. The van der Waals surface area contributed by atoms with Crippen molar-refractivity contribution in [3.05, 3.63) is 89.2 Å². The molecule has 1 aliphatic heterocycles. The van der Waals surface area contributed by atoms with Gasteiger partial charge in [-0.05, 0) is 60.7 Å². The molecule has 0 bridgehead atoms. The second kappa shape index (κ2) is 9.18. The van der Waals surface area contributed by atoms with Crippen LogP contribution in [0.5, 0.6) is 0 Å². The number of anilines is 2. The van der Waals surface area contributed by atoms with Gasteiger partial charge in [-0.1, -0.05) is 23.7 Å². The third kappa shape index (κ3) is 5.03. The van der Waals surface area contributed by atoms with Crippen molar-refractivity contribution in [3.8, 4) is 0 Å². The number of piperazine rings is 1. The number of hydrogen-bond acceptors (Lipinski definition) is 4. The Balaban J connectivity index is 1.45. The summed E-state index contributed by atoms with van der Waals surface area (Å²) in [6, 6.07) is 18.6. The number of nitrogens with zero attached hydrogens (tertiary/aromatic N) is 2. The molecule has 1 N–H and O–H groups in total. The van der Waals surface area contributed by atoms with Crippen molar-refractivity contribution in [2.75, 3.05) is 35.8 Å². The van der Waals surface area contributed by atoms with Crippen LogP contribution in [0.4, 0.5) is 15.8 Å². The summed E-state index contributed by atoms with van der Waals surface area (Å²) < 4.78 is 41.2. The molecule has 0 aliphatic carbocycles. The molecule has 1 fully saturated rings. The fourth-order valence-corrected chi connectivity index (χ4v) is 4.85. The van der Waals surface area contributed by atoms with E-state index in [1.807, 2.05) is 0 Å². The van der Waals surface area contributed by atoms with Crippen LogP contribution in [0.25, 0.3) is 0 Å². The smallest absolute Gasteiger partial charge is 0.261 e. The molecule has 1 aliphatic rings. The second-order valence-corrected chi connectivity index (χ2v) is 9.52. The topological polar surface area (TPSA) is 69.7 Å². The highest BCUT2D eigenvalue weighted by Gasteiger charge is 2.24. The van der Waals surface area contributed by atoms with Gasteiger partial charge in [0.25, 0.3) is 15.9 Å². The SMILES string of the molecule is O=C(c1cccc(S(=O)(=O)Nc2cccc(Cl)c2)c1)N1CCN(c2ccc(F)cc2)CC1. The van der Waals surface area contributed by atoms with Crippen LogP contribution in [-0.4, -0.2) is 45.4 Å². The molecular formula is C23H21ClFN3O3S. The summed E-state index contributed by atoms with van der Waals surface area (Å²) in [5.41, 5.74) is 1.54. The Morgan fingerprint density at radius 3 is 2.28 bits per heavy atom. The van der Waals surface area contributed by atoms with Gasteiger partial charge in [-0.3, -0.25) is 9.52 Å². The Kier molecular flexibility index (Phi) is 6.34. The summed E-state index contributed by atoms with van der Waals surface area (Å²) in [4.78, 5) is 16.8. The van der Waals surface area contributed by atoms with Gasteiger partial charge < -0.3 is 9.80 Å². The van der Waals surface area contributed by atoms with E-state index in [0.29, 0.717) is 42.5 Å². The lowest BCUT2D eigenvalue weighted by atomic mass is 10.1. The summed E-state index contributed by atoms with van der Waals surface area (Å²) in [6.45, 7) is 2.17. The highest BCUT2D eigenvalue weighted by atomic mass is 35.5. The molecule has 0 unspecified atom stereocenters. The number of carbonyl (C=O) groups excluding carboxylic acids is 1. The van der Waals surface area contributed by atoms with Crippen molar-refractivity contribution < 1.29 is 17.6 Å². The van der Waals surface area contributed by atoms with Crippen molar-refractivity contribution in [2.24, 2.45) is 0 Å². The fourth-order valence-electron chi connectivity index (χ4n) is 3.56. The van der Waals surface area contributed by atoms with Gasteiger partial charge in [0.15, 0.2) is 0 Å². The number of sulfonamides is 1. The van der Waals surface area contributed by atoms with Crippen molar-refractivity contribution in [3.63, 3.8) is 0 Å². The zero-order valence-corrected chi connectivity index (χ0v) is 18.6. The molecule has 0 radical (unpaired) electrons. The second-order valence-electron chi connectivity index (χ2n) is 7.40. The van der Waals surface area contributed by atoms with Crippen LogP contribution in [0, 0.1) is 5.82 Å². The van der Waals surface area contributed by atoms with Gasteiger partial charge in [-0.15, -0.1) is 0 Å². The number of rotatable bonds is 5. The maximum absolute atomic E-state index is 13.1. The van der Waals surface area contributed by atoms with E-state index in [2.05, 4.69) is 9.62 Å². The third-order valence-electron chi connectivity index (χ3n) is 5.23. The normalized spacial score (nSPS) is 14.3. The summed E-state index contributed by atoms with van der Waals surface area (Å²) in [5.74, 6) is -0.522. The largest absolute Gasteiger partial charge is 0.368 e. The van der Waals surface area contributed by atoms with E-state index in [-0.39, 0.29) is 16.6 Å². The van der Waals surface area contributed by atoms with Gasteiger partial charge in [0, 0.05) is 42.5 Å². The van der Waals surface area contributed by atoms with E-state index in [0.717, 1.165) is 5.69 Å². The van der Waals surface area contributed by atoms with Crippen LogP contribution in [0.2, 0.25) is 5.02 Å². The van der Waals surface area contributed by atoms with Gasteiger partial charge in [0.05, 0.1) is 10.6 Å².